The summed E-state index contributed by atoms with van der Waals surface area (Å²) in [6.07, 6.45) is 5.55. The number of halogens is 1. The number of nitrogens with one attached hydrogen (secondary N) is 2. The Bertz CT molecular complexity index is 331. The van der Waals surface area contributed by atoms with Gasteiger partial charge in [-0.2, -0.15) is 0 Å². The zero-order valence-electron chi connectivity index (χ0n) is 7.85. The topological polar surface area (TPSA) is 44.9 Å². The maximum atomic E-state index is 11.5. The lowest BCUT2D eigenvalue weighted by Crippen LogP contribution is -2.24. The maximum absolute atomic E-state index is 11.5. The van der Waals surface area contributed by atoms with Gasteiger partial charge in [-0.05, 0) is 34.3 Å². The van der Waals surface area contributed by atoms with Gasteiger partial charge in [0.15, 0.2) is 0 Å². The Morgan fingerprint density at radius 1 is 1.64 bits per heavy atom. The summed E-state index contributed by atoms with van der Waals surface area (Å²) in [4.78, 5) is 14.4. The van der Waals surface area contributed by atoms with Gasteiger partial charge in [0, 0.05) is 17.2 Å². The van der Waals surface area contributed by atoms with E-state index in [9.17, 15) is 4.79 Å². The summed E-state index contributed by atoms with van der Waals surface area (Å²) in [5.74, 6) is 0.849. The van der Waals surface area contributed by atoms with Gasteiger partial charge in [0.25, 0.3) is 5.91 Å². The van der Waals surface area contributed by atoms with Gasteiger partial charge in [0.05, 0.1) is 0 Å². The van der Waals surface area contributed by atoms with Crippen molar-refractivity contribution >= 4 is 21.8 Å². The first-order chi connectivity index (χ1) is 6.75. The molecule has 1 aromatic heterocycles. The van der Waals surface area contributed by atoms with Crippen molar-refractivity contribution in [1.29, 1.82) is 0 Å². The minimum Gasteiger partial charge on any atom is -0.356 e. The summed E-state index contributed by atoms with van der Waals surface area (Å²) < 4.78 is 0.907. The molecular formula is C10H13BrN2O. The molecule has 1 fully saturated rings. The third-order valence-corrected chi connectivity index (χ3v) is 2.89. The van der Waals surface area contributed by atoms with Crippen molar-refractivity contribution in [2.24, 2.45) is 5.92 Å². The molecule has 1 aromatic rings. The summed E-state index contributed by atoms with van der Waals surface area (Å²) >= 11 is 3.29. The molecule has 2 N–H and O–H groups in total. The van der Waals surface area contributed by atoms with Gasteiger partial charge in [-0.3, -0.25) is 4.79 Å². The molecular weight excluding hydrogens is 244 g/mol. The second-order valence-corrected chi connectivity index (χ2v) is 4.64. The van der Waals surface area contributed by atoms with Gasteiger partial charge in [0.2, 0.25) is 0 Å². The summed E-state index contributed by atoms with van der Waals surface area (Å²) in [6, 6.07) is 1.78. The van der Waals surface area contributed by atoms with Crippen LogP contribution in [0.25, 0.3) is 0 Å². The van der Waals surface area contributed by atoms with Crippen molar-refractivity contribution in [1.82, 2.24) is 10.3 Å². The predicted octanol–water partition coefficient (Wildman–Crippen LogP) is 2.31. The Morgan fingerprint density at radius 2 is 2.43 bits per heavy atom. The minimum absolute atomic E-state index is 0.0173. The largest absolute Gasteiger partial charge is 0.356 e. The first kappa shape index (κ1) is 9.77. The quantitative estimate of drug-likeness (QED) is 0.854. The molecule has 1 amide bonds. The van der Waals surface area contributed by atoms with Crippen LogP contribution in [0.1, 0.15) is 29.8 Å². The van der Waals surface area contributed by atoms with Crippen LogP contribution in [0.4, 0.5) is 0 Å². The molecule has 0 spiro atoms. The number of hydrogen-bond donors (Lipinski definition) is 2. The highest BCUT2D eigenvalue weighted by Crippen LogP contribution is 2.31. The van der Waals surface area contributed by atoms with E-state index in [-0.39, 0.29) is 5.91 Å². The minimum atomic E-state index is -0.0173. The lowest BCUT2D eigenvalue weighted by Gasteiger charge is -2.01. The van der Waals surface area contributed by atoms with Crippen molar-refractivity contribution in [3.63, 3.8) is 0 Å². The highest BCUT2D eigenvalue weighted by atomic mass is 79.9. The molecule has 4 heteroatoms. The lowest BCUT2D eigenvalue weighted by atomic mass is 10.3. The van der Waals surface area contributed by atoms with E-state index >= 15 is 0 Å². The van der Waals surface area contributed by atoms with E-state index in [1.165, 1.54) is 12.8 Å². The standard InChI is InChI=1S/C10H13BrN2O/c11-8-5-9(13-6-8)10(14)12-4-3-7-1-2-7/h5-7,13H,1-4H2,(H,12,14). The Kier molecular flexibility index (Phi) is 2.91. The molecule has 0 saturated heterocycles. The average molecular weight is 257 g/mol. The number of carbonyl (C=O) groups excluding carboxylic acids is 1. The van der Waals surface area contributed by atoms with Crippen LogP contribution >= 0.6 is 15.9 Å². The predicted molar refractivity (Wildman–Crippen MR) is 58.2 cm³/mol. The van der Waals surface area contributed by atoms with Gasteiger partial charge in [-0.25, -0.2) is 0 Å². The van der Waals surface area contributed by atoms with Crippen LogP contribution in [0.15, 0.2) is 16.7 Å². The van der Waals surface area contributed by atoms with E-state index in [1.54, 1.807) is 12.3 Å². The van der Waals surface area contributed by atoms with Crippen LogP contribution in [0, 0.1) is 5.92 Å². The second-order valence-electron chi connectivity index (χ2n) is 3.72. The average Bonchev–Trinajstić information content (AvgIpc) is 2.87. The molecule has 0 aliphatic heterocycles. The molecule has 1 heterocycles. The van der Waals surface area contributed by atoms with Gasteiger partial charge < -0.3 is 10.3 Å². The fourth-order valence-corrected chi connectivity index (χ4v) is 1.73. The van der Waals surface area contributed by atoms with Crippen molar-refractivity contribution < 1.29 is 4.79 Å². The van der Waals surface area contributed by atoms with Crippen molar-refractivity contribution in [2.45, 2.75) is 19.3 Å². The normalized spacial score (nSPS) is 15.5. The summed E-state index contributed by atoms with van der Waals surface area (Å²) in [5, 5.41) is 2.89. The molecule has 0 unspecified atom stereocenters. The first-order valence-corrected chi connectivity index (χ1v) is 5.67. The Morgan fingerprint density at radius 3 is 3.00 bits per heavy atom. The monoisotopic (exact) mass is 256 g/mol. The Labute approximate surface area is 91.4 Å². The summed E-state index contributed by atoms with van der Waals surface area (Å²) in [5.41, 5.74) is 0.618. The molecule has 0 aromatic carbocycles. The first-order valence-electron chi connectivity index (χ1n) is 4.88. The number of carbonyl (C=O) groups is 1. The SMILES string of the molecule is O=C(NCCC1CC1)c1cc(Br)c[nH]1. The van der Waals surface area contributed by atoms with Crippen molar-refractivity contribution in [2.75, 3.05) is 6.54 Å². The molecule has 76 valence electrons. The van der Waals surface area contributed by atoms with E-state index in [2.05, 4.69) is 26.2 Å². The summed E-state index contributed by atoms with van der Waals surface area (Å²) in [7, 11) is 0. The van der Waals surface area contributed by atoms with Gasteiger partial charge >= 0.3 is 0 Å². The number of aromatic amines is 1. The molecule has 2 rings (SSSR count). The molecule has 0 atom stereocenters. The maximum Gasteiger partial charge on any atom is 0.267 e. The van der Waals surface area contributed by atoms with Crippen LogP contribution in [0.5, 0.6) is 0 Å². The molecule has 3 nitrogen and oxygen atoms in total. The lowest BCUT2D eigenvalue weighted by molar-refractivity contribution is 0.0948. The number of H-pyrrole nitrogens is 1. The van der Waals surface area contributed by atoms with Crippen molar-refractivity contribution in [3.05, 3.63) is 22.4 Å². The van der Waals surface area contributed by atoms with E-state index in [1.807, 2.05) is 0 Å². The van der Waals surface area contributed by atoms with E-state index < -0.39 is 0 Å². The van der Waals surface area contributed by atoms with Crippen LogP contribution in [-0.2, 0) is 0 Å². The molecule has 0 radical (unpaired) electrons. The summed E-state index contributed by atoms with van der Waals surface area (Å²) in [6.45, 7) is 0.792. The Hall–Kier alpha value is -0.770. The van der Waals surface area contributed by atoms with E-state index in [0.29, 0.717) is 5.69 Å². The molecule has 1 aliphatic carbocycles. The number of rotatable bonds is 4. The molecule has 0 bridgehead atoms. The zero-order valence-corrected chi connectivity index (χ0v) is 9.43. The van der Waals surface area contributed by atoms with Crippen LogP contribution in [-0.4, -0.2) is 17.4 Å². The number of hydrogen-bond acceptors (Lipinski definition) is 1. The van der Waals surface area contributed by atoms with Crippen molar-refractivity contribution in [3.8, 4) is 0 Å². The van der Waals surface area contributed by atoms with Crippen LogP contribution < -0.4 is 5.32 Å². The molecule has 1 aliphatic rings. The van der Waals surface area contributed by atoms with Crippen LogP contribution in [0.2, 0.25) is 0 Å². The molecule has 14 heavy (non-hydrogen) atoms. The zero-order chi connectivity index (χ0) is 9.97. The highest BCUT2D eigenvalue weighted by molar-refractivity contribution is 9.10. The number of aromatic nitrogens is 1. The third-order valence-electron chi connectivity index (χ3n) is 2.43. The highest BCUT2D eigenvalue weighted by Gasteiger charge is 2.20. The molecule has 1 saturated carbocycles. The van der Waals surface area contributed by atoms with Gasteiger partial charge in [-0.15, -0.1) is 0 Å². The van der Waals surface area contributed by atoms with Crippen LogP contribution in [0.3, 0.4) is 0 Å². The fraction of sp³-hybridized carbons (Fsp3) is 0.500. The van der Waals surface area contributed by atoms with E-state index in [4.69, 9.17) is 0 Å². The Balaban J connectivity index is 1.76. The van der Waals surface area contributed by atoms with Gasteiger partial charge in [0.1, 0.15) is 5.69 Å². The van der Waals surface area contributed by atoms with Gasteiger partial charge in [-0.1, -0.05) is 12.8 Å². The second kappa shape index (κ2) is 4.17. The van der Waals surface area contributed by atoms with E-state index in [0.717, 1.165) is 23.4 Å². The smallest absolute Gasteiger partial charge is 0.267 e. The third kappa shape index (κ3) is 2.61. The fourth-order valence-electron chi connectivity index (χ4n) is 1.39. The number of amides is 1.